The molecule has 0 radical (unpaired) electrons. The number of hydrogen-bond donors (Lipinski definition) is 1. The summed E-state index contributed by atoms with van der Waals surface area (Å²) in [5.74, 6) is -0.0240. The van der Waals surface area contributed by atoms with Crippen LogP contribution < -0.4 is 0 Å². The number of aromatic amines is 1. The molecule has 0 unspecified atom stereocenters. The van der Waals surface area contributed by atoms with Gasteiger partial charge >= 0.3 is 0 Å². The topological polar surface area (TPSA) is 56.4 Å². The Morgan fingerprint density at radius 3 is 2.33 bits per heavy atom. The van der Waals surface area contributed by atoms with Crippen LogP contribution in [0.3, 0.4) is 0 Å². The average molecular weight is 366 g/mol. The second kappa shape index (κ2) is 7.28. The second-order valence-corrected chi connectivity index (χ2v) is 6.49. The van der Waals surface area contributed by atoms with Crippen LogP contribution in [0.4, 0.5) is 0 Å². The van der Waals surface area contributed by atoms with Gasteiger partial charge in [0.25, 0.3) is 5.91 Å². The van der Waals surface area contributed by atoms with Crippen LogP contribution in [0.1, 0.15) is 16.1 Å². The predicted molar refractivity (Wildman–Crippen MR) is 93.4 cm³/mol. The lowest BCUT2D eigenvalue weighted by molar-refractivity contribution is -0.132. The second-order valence-electron chi connectivity index (χ2n) is 5.67. The Balaban J connectivity index is 1.57. The van der Waals surface area contributed by atoms with E-state index in [1.165, 1.54) is 0 Å². The fourth-order valence-electron chi connectivity index (χ4n) is 2.72. The number of piperazine rings is 1. The third kappa shape index (κ3) is 3.74. The summed E-state index contributed by atoms with van der Waals surface area (Å²) in [6, 6.07) is 8.62. The van der Waals surface area contributed by atoms with Gasteiger partial charge in [-0.1, -0.05) is 23.2 Å². The molecule has 1 aromatic carbocycles. The smallest absolute Gasteiger partial charge is 0.254 e. The van der Waals surface area contributed by atoms with Gasteiger partial charge in [0, 0.05) is 43.6 Å². The summed E-state index contributed by atoms with van der Waals surface area (Å²) >= 11 is 11.9. The van der Waals surface area contributed by atoms with E-state index in [4.69, 9.17) is 23.2 Å². The van der Waals surface area contributed by atoms with Gasteiger partial charge < -0.3 is 14.8 Å². The van der Waals surface area contributed by atoms with E-state index in [2.05, 4.69) is 4.98 Å². The van der Waals surface area contributed by atoms with Gasteiger partial charge in [0.05, 0.1) is 16.5 Å². The average Bonchev–Trinajstić information content (AvgIpc) is 3.10. The lowest BCUT2D eigenvalue weighted by atomic mass is 10.1. The molecular formula is C17H17Cl2N3O2. The molecule has 2 amide bonds. The number of amides is 2. The molecule has 1 aliphatic heterocycles. The van der Waals surface area contributed by atoms with E-state index in [0.29, 0.717) is 48.2 Å². The summed E-state index contributed by atoms with van der Waals surface area (Å²) in [7, 11) is 0. The highest BCUT2D eigenvalue weighted by molar-refractivity contribution is 6.42. The number of nitrogens with one attached hydrogen (secondary N) is 1. The van der Waals surface area contributed by atoms with E-state index in [1.807, 2.05) is 12.1 Å². The molecule has 0 atom stereocenters. The SMILES string of the molecule is O=C(Cc1ccc[nH]1)N1CCN(C(=O)c2ccc(Cl)c(Cl)c2)CC1. The van der Waals surface area contributed by atoms with Gasteiger partial charge in [-0.3, -0.25) is 9.59 Å². The van der Waals surface area contributed by atoms with Crippen molar-refractivity contribution in [1.82, 2.24) is 14.8 Å². The van der Waals surface area contributed by atoms with Gasteiger partial charge in [-0.05, 0) is 30.3 Å². The normalized spacial score (nSPS) is 14.8. The molecule has 24 heavy (non-hydrogen) atoms. The van der Waals surface area contributed by atoms with E-state index in [-0.39, 0.29) is 11.8 Å². The van der Waals surface area contributed by atoms with Gasteiger partial charge in [0.2, 0.25) is 5.91 Å². The number of carbonyl (C=O) groups is 2. The number of benzene rings is 1. The molecule has 1 aliphatic rings. The summed E-state index contributed by atoms with van der Waals surface area (Å²) in [6.45, 7) is 2.09. The van der Waals surface area contributed by atoms with Gasteiger partial charge in [-0.15, -0.1) is 0 Å². The summed E-state index contributed by atoms with van der Waals surface area (Å²) < 4.78 is 0. The number of rotatable bonds is 3. The molecule has 2 aromatic rings. The van der Waals surface area contributed by atoms with E-state index in [0.717, 1.165) is 5.69 Å². The zero-order valence-corrected chi connectivity index (χ0v) is 14.5. The van der Waals surface area contributed by atoms with Gasteiger partial charge in [-0.25, -0.2) is 0 Å². The number of aromatic nitrogens is 1. The van der Waals surface area contributed by atoms with E-state index in [1.54, 1.807) is 34.2 Å². The van der Waals surface area contributed by atoms with Crippen molar-refractivity contribution >= 4 is 35.0 Å². The molecular weight excluding hydrogens is 349 g/mol. The van der Waals surface area contributed by atoms with Crippen LogP contribution in [0, 0.1) is 0 Å². The first kappa shape index (κ1) is 16.9. The van der Waals surface area contributed by atoms with Crippen LogP contribution in [0.5, 0.6) is 0 Å². The minimum Gasteiger partial charge on any atom is -0.365 e. The third-order valence-electron chi connectivity index (χ3n) is 4.09. The molecule has 1 N–H and O–H groups in total. The van der Waals surface area contributed by atoms with Gasteiger partial charge in [0.15, 0.2) is 0 Å². The quantitative estimate of drug-likeness (QED) is 0.908. The molecule has 1 aromatic heterocycles. The Morgan fingerprint density at radius 2 is 1.71 bits per heavy atom. The minimum absolute atomic E-state index is 0.0686. The number of H-pyrrole nitrogens is 1. The number of hydrogen-bond acceptors (Lipinski definition) is 2. The standard InChI is InChI=1S/C17H17Cl2N3O2/c18-14-4-3-12(10-15(14)19)17(24)22-8-6-21(7-9-22)16(23)11-13-2-1-5-20-13/h1-5,10,20H,6-9,11H2. The Bertz CT molecular complexity index is 738. The summed E-state index contributed by atoms with van der Waals surface area (Å²) in [6.07, 6.45) is 2.16. The highest BCUT2D eigenvalue weighted by Gasteiger charge is 2.25. The van der Waals surface area contributed by atoms with Crippen LogP contribution >= 0.6 is 23.2 Å². The zero-order chi connectivity index (χ0) is 17.1. The van der Waals surface area contributed by atoms with Gasteiger partial charge in [-0.2, -0.15) is 0 Å². The predicted octanol–water partition coefficient (Wildman–Crippen LogP) is 2.85. The lowest BCUT2D eigenvalue weighted by Crippen LogP contribution is -2.51. The first-order valence-electron chi connectivity index (χ1n) is 7.69. The Morgan fingerprint density at radius 1 is 1.00 bits per heavy atom. The van der Waals surface area contributed by atoms with Crippen molar-refractivity contribution < 1.29 is 9.59 Å². The van der Waals surface area contributed by atoms with Crippen molar-refractivity contribution in [3.05, 3.63) is 57.8 Å². The molecule has 3 rings (SSSR count). The Hall–Kier alpha value is -1.98. The molecule has 2 heterocycles. The third-order valence-corrected chi connectivity index (χ3v) is 4.83. The first-order chi connectivity index (χ1) is 11.5. The zero-order valence-electron chi connectivity index (χ0n) is 13.0. The fraction of sp³-hybridized carbons (Fsp3) is 0.294. The van der Waals surface area contributed by atoms with Crippen molar-refractivity contribution in [2.24, 2.45) is 0 Å². The van der Waals surface area contributed by atoms with Crippen LogP contribution in [0.25, 0.3) is 0 Å². The summed E-state index contributed by atoms with van der Waals surface area (Å²) in [4.78, 5) is 31.3. The molecule has 1 fully saturated rings. The van der Waals surface area contributed by atoms with E-state index >= 15 is 0 Å². The highest BCUT2D eigenvalue weighted by Crippen LogP contribution is 2.23. The molecule has 7 heteroatoms. The molecule has 0 saturated carbocycles. The van der Waals surface area contributed by atoms with Crippen molar-refractivity contribution in [3.63, 3.8) is 0 Å². The molecule has 0 aliphatic carbocycles. The van der Waals surface area contributed by atoms with E-state index < -0.39 is 0 Å². The molecule has 0 spiro atoms. The largest absolute Gasteiger partial charge is 0.365 e. The Kier molecular flexibility index (Phi) is 5.11. The maximum atomic E-state index is 12.5. The van der Waals surface area contributed by atoms with Crippen LogP contribution in [0.15, 0.2) is 36.5 Å². The number of nitrogens with zero attached hydrogens (tertiary/aromatic N) is 2. The summed E-state index contributed by atoms with van der Waals surface area (Å²) in [5, 5.41) is 0.787. The van der Waals surface area contributed by atoms with Crippen LogP contribution in [-0.2, 0) is 11.2 Å². The fourth-order valence-corrected chi connectivity index (χ4v) is 3.02. The molecule has 126 valence electrons. The van der Waals surface area contributed by atoms with Crippen LogP contribution in [0.2, 0.25) is 10.0 Å². The van der Waals surface area contributed by atoms with Crippen molar-refractivity contribution in [1.29, 1.82) is 0 Å². The molecule has 0 bridgehead atoms. The van der Waals surface area contributed by atoms with Crippen molar-refractivity contribution in [3.8, 4) is 0 Å². The minimum atomic E-state index is -0.0926. The maximum Gasteiger partial charge on any atom is 0.254 e. The van der Waals surface area contributed by atoms with Crippen molar-refractivity contribution in [2.75, 3.05) is 26.2 Å². The lowest BCUT2D eigenvalue weighted by Gasteiger charge is -2.34. The highest BCUT2D eigenvalue weighted by atomic mass is 35.5. The first-order valence-corrected chi connectivity index (χ1v) is 8.44. The van der Waals surface area contributed by atoms with Crippen molar-refractivity contribution in [2.45, 2.75) is 6.42 Å². The Labute approximate surface area is 150 Å². The number of carbonyl (C=O) groups excluding carboxylic acids is 2. The van der Waals surface area contributed by atoms with E-state index in [9.17, 15) is 9.59 Å². The monoisotopic (exact) mass is 365 g/mol. The molecule has 5 nitrogen and oxygen atoms in total. The number of halogens is 2. The van der Waals surface area contributed by atoms with Gasteiger partial charge in [0.1, 0.15) is 0 Å². The van der Waals surface area contributed by atoms with Crippen LogP contribution in [-0.4, -0.2) is 52.8 Å². The summed E-state index contributed by atoms with van der Waals surface area (Å²) in [5.41, 5.74) is 1.41. The maximum absolute atomic E-state index is 12.5. The molecule has 1 saturated heterocycles.